The molecule has 0 bridgehead atoms. The predicted octanol–water partition coefficient (Wildman–Crippen LogP) is 2.95. The maximum Gasteiger partial charge on any atom is 0.333 e. The zero-order valence-electron chi connectivity index (χ0n) is 11.0. The molecule has 0 aromatic rings. The molecule has 3 nitrogen and oxygen atoms in total. The van der Waals surface area contributed by atoms with E-state index >= 15 is 0 Å². The molecular formula is C13H24O3. The summed E-state index contributed by atoms with van der Waals surface area (Å²) in [4.78, 5) is 11.3. The van der Waals surface area contributed by atoms with E-state index in [4.69, 9.17) is 9.47 Å². The molecule has 0 aliphatic rings. The summed E-state index contributed by atoms with van der Waals surface area (Å²) < 4.78 is 10.7. The van der Waals surface area contributed by atoms with Gasteiger partial charge in [0.05, 0.1) is 13.2 Å². The molecule has 0 aromatic heterocycles. The minimum atomic E-state index is -0.317. The Morgan fingerprint density at radius 3 is 2.12 bits per heavy atom. The van der Waals surface area contributed by atoms with Gasteiger partial charge in [-0.05, 0) is 26.7 Å². The van der Waals surface area contributed by atoms with Gasteiger partial charge in [-0.15, -0.1) is 0 Å². The lowest BCUT2D eigenvalue weighted by Gasteiger charge is -2.30. The molecule has 0 aromatic carbocycles. The van der Waals surface area contributed by atoms with Crippen molar-refractivity contribution in [3.8, 4) is 0 Å². The number of rotatable bonds is 8. The van der Waals surface area contributed by atoms with Gasteiger partial charge in [0, 0.05) is 17.6 Å². The lowest BCUT2D eigenvalue weighted by Crippen LogP contribution is -2.32. The van der Waals surface area contributed by atoms with Gasteiger partial charge < -0.3 is 9.47 Å². The van der Waals surface area contributed by atoms with Crippen molar-refractivity contribution >= 4 is 5.97 Å². The third kappa shape index (κ3) is 4.79. The molecule has 3 heteroatoms. The summed E-state index contributed by atoms with van der Waals surface area (Å²) in [5.74, 6) is -0.317. The Labute approximate surface area is 98.8 Å². The monoisotopic (exact) mass is 228 g/mol. The van der Waals surface area contributed by atoms with Gasteiger partial charge in [-0.25, -0.2) is 4.79 Å². The summed E-state index contributed by atoms with van der Waals surface area (Å²) in [7, 11) is 0. The van der Waals surface area contributed by atoms with Gasteiger partial charge in [0.25, 0.3) is 0 Å². The number of carbonyl (C=O) groups is 1. The summed E-state index contributed by atoms with van der Waals surface area (Å²) in [5, 5.41) is 0. The SMILES string of the molecule is C=C(C)C(=O)OCC(CC)(CC)COCC. The third-order valence-electron chi connectivity index (χ3n) is 2.97. The second kappa shape index (κ2) is 7.44. The zero-order chi connectivity index (χ0) is 12.6. The van der Waals surface area contributed by atoms with Crippen molar-refractivity contribution in [2.45, 2.75) is 40.5 Å². The summed E-state index contributed by atoms with van der Waals surface area (Å²) in [6, 6.07) is 0. The molecular weight excluding hydrogens is 204 g/mol. The Hall–Kier alpha value is -0.830. The second-order valence-corrected chi connectivity index (χ2v) is 4.20. The van der Waals surface area contributed by atoms with Crippen molar-refractivity contribution in [3.05, 3.63) is 12.2 Å². The minimum absolute atomic E-state index is 0.0544. The Balaban J connectivity index is 4.31. The van der Waals surface area contributed by atoms with E-state index in [2.05, 4.69) is 20.4 Å². The molecule has 0 spiro atoms. The van der Waals surface area contributed by atoms with Gasteiger partial charge in [-0.2, -0.15) is 0 Å². The van der Waals surface area contributed by atoms with Crippen molar-refractivity contribution in [2.24, 2.45) is 5.41 Å². The van der Waals surface area contributed by atoms with E-state index in [-0.39, 0.29) is 11.4 Å². The van der Waals surface area contributed by atoms with Crippen molar-refractivity contribution in [3.63, 3.8) is 0 Å². The second-order valence-electron chi connectivity index (χ2n) is 4.20. The van der Waals surface area contributed by atoms with E-state index in [0.29, 0.717) is 25.4 Å². The summed E-state index contributed by atoms with van der Waals surface area (Å²) >= 11 is 0. The average molecular weight is 228 g/mol. The molecule has 0 amide bonds. The first-order valence-electron chi connectivity index (χ1n) is 5.91. The van der Waals surface area contributed by atoms with Crippen LogP contribution in [-0.4, -0.2) is 25.8 Å². The molecule has 0 rings (SSSR count). The first-order chi connectivity index (χ1) is 7.51. The van der Waals surface area contributed by atoms with Crippen LogP contribution in [0.4, 0.5) is 0 Å². The molecule has 0 atom stereocenters. The number of esters is 1. The van der Waals surface area contributed by atoms with E-state index in [1.807, 2.05) is 6.92 Å². The van der Waals surface area contributed by atoms with Crippen LogP contribution >= 0.6 is 0 Å². The topological polar surface area (TPSA) is 35.5 Å². The highest BCUT2D eigenvalue weighted by molar-refractivity contribution is 5.86. The predicted molar refractivity (Wildman–Crippen MR) is 65.3 cm³/mol. The summed E-state index contributed by atoms with van der Waals surface area (Å²) in [6.45, 7) is 13.1. The van der Waals surface area contributed by atoms with Crippen LogP contribution in [0.25, 0.3) is 0 Å². The van der Waals surface area contributed by atoms with E-state index in [0.717, 1.165) is 12.8 Å². The van der Waals surface area contributed by atoms with E-state index < -0.39 is 0 Å². The van der Waals surface area contributed by atoms with Crippen molar-refractivity contribution in [1.29, 1.82) is 0 Å². The first kappa shape index (κ1) is 15.2. The molecule has 0 saturated heterocycles. The Morgan fingerprint density at radius 2 is 1.75 bits per heavy atom. The van der Waals surface area contributed by atoms with Crippen LogP contribution in [0, 0.1) is 5.41 Å². The molecule has 0 saturated carbocycles. The molecule has 0 aliphatic carbocycles. The molecule has 0 unspecified atom stereocenters. The van der Waals surface area contributed by atoms with Crippen LogP contribution in [0.3, 0.4) is 0 Å². The lowest BCUT2D eigenvalue weighted by atomic mass is 9.84. The van der Waals surface area contributed by atoms with Gasteiger partial charge in [-0.3, -0.25) is 0 Å². The minimum Gasteiger partial charge on any atom is -0.462 e. The van der Waals surface area contributed by atoms with Crippen LogP contribution in [0.2, 0.25) is 0 Å². The Bertz CT molecular complexity index is 229. The molecule has 0 heterocycles. The van der Waals surface area contributed by atoms with Crippen LogP contribution in [0.15, 0.2) is 12.2 Å². The van der Waals surface area contributed by atoms with Crippen LogP contribution < -0.4 is 0 Å². The third-order valence-corrected chi connectivity index (χ3v) is 2.97. The van der Waals surface area contributed by atoms with Crippen LogP contribution in [0.5, 0.6) is 0 Å². The standard InChI is InChI=1S/C13H24O3/c1-6-13(7-2,9-15-8-3)10-16-12(14)11(4)5/h4,6-10H2,1-3,5H3. The maximum atomic E-state index is 11.3. The molecule has 0 radical (unpaired) electrons. The van der Waals surface area contributed by atoms with Gasteiger partial charge in [0.2, 0.25) is 0 Å². The van der Waals surface area contributed by atoms with E-state index in [1.54, 1.807) is 6.92 Å². The average Bonchev–Trinajstić information content (AvgIpc) is 2.29. The number of hydrogen-bond acceptors (Lipinski definition) is 3. The maximum absolute atomic E-state index is 11.3. The summed E-state index contributed by atoms with van der Waals surface area (Å²) in [5.41, 5.74) is 0.388. The first-order valence-corrected chi connectivity index (χ1v) is 5.91. The normalized spacial score (nSPS) is 11.2. The molecule has 94 valence electrons. The quantitative estimate of drug-likeness (QED) is 0.473. The zero-order valence-corrected chi connectivity index (χ0v) is 11.0. The highest BCUT2D eigenvalue weighted by Gasteiger charge is 2.28. The van der Waals surface area contributed by atoms with E-state index in [1.165, 1.54) is 0 Å². The number of hydrogen-bond donors (Lipinski definition) is 0. The Morgan fingerprint density at radius 1 is 1.19 bits per heavy atom. The van der Waals surface area contributed by atoms with E-state index in [9.17, 15) is 4.79 Å². The van der Waals surface area contributed by atoms with Crippen molar-refractivity contribution in [2.75, 3.05) is 19.8 Å². The highest BCUT2D eigenvalue weighted by atomic mass is 16.5. The molecule has 0 aliphatic heterocycles. The molecule has 0 fully saturated rings. The van der Waals surface area contributed by atoms with Crippen molar-refractivity contribution in [1.82, 2.24) is 0 Å². The number of ether oxygens (including phenoxy) is 2. The molecule has 16 heavy (non-hydrogen) atoms. The van der Waals surface area contributed by atoms with Crippen molar-refractivity contribution < 1.29 is 14.3 Å². The lowest BCUT2D eigenvalue weighted by molar-refractivity contribution is -0.144. The van der Waals surface area contributed by atoms with Gasteiger partial charge in [-0.1, -0.05) is 20.4 Å². The molecule has 0 N–H and O–H groups in total. The smallest absolute Gasteiger partial charge is 0.333 e. The number of carbonyl (C=O) groups excluding carboxylic acids is 1. The van der Waals surface area contributed by atoms with Gasteiger partial charge in [0.15, 0.2) is 0 Å². The van der Waals surface area contributed by atoms with Gasteiger partial charge >= 0.3 is 5.97 Å². The fourth-order valence-electron chi connectivity index (χ4n) is 1.36. The van der Waals surface area contributed by atoms with Crippen LogP contribution in [-0.2, 0) is 14.3 Å². The fraction of sp³-hybridized carbons (Fsp3) is 0.769. The Kier molecular flexibility index (Phi) is 7.06. The highest BCUT2D eigenvalue weighted by Crippen LogP contribution is 2.27. The van der Waals surface area contributed by atoms with Gasteiger partial charge in [0.1, 0.15) is 0 Å². The summed E-state index contributed by atoms with van der Waals surface area (Å²) in [6.07, 6.45) is 1.87. The largest absolute Gasteiger partial charge is 0.462 e. The fourth-order valence-corrected chi connectivity index (χ4v) is 1.36. The van der Waals surface area contributed by atoms with Crippen LogP contribution in [0.1, 0.15) is 40.5 Å².